The zero-order chi connectivity index (χ0) is 11.9. The Kier molecular flexibility index (Phi) is 2.54. The Morgan fingerprint density at radius 3 is 2.76 bits per heavy atom. The van der Waals surface area contributed by atoms with Gasteiger partial charge in [-0.2, -0.15) is 0 Å². The smallest absolute Gasteiger partial charge is 0.219 e. The maximum atomic E-state index is 6.15. The van der Waals surface area contributed by atoms with Crippen LogP contribution in [0.5, 0.6) is 5.88 Å². The van der Waals surface area contributed by atoms with E-state index in [0.717, 1.165) is 31.6 Å². The Morgan fingerprint density at radius 1 is 1.41 bits per heavy atom. The summed E-state index contributed by atoms with van der Waals surface area (Å²) in [5, 5.41) is 0. The number of ether oxygens (including phenoxy) is 1. The average molecular weight is 233 g/mol. The van der Waals surface area contributed by atoms with Crippen molar-refractivity contribution in [3.05, 3.63) is 17.6 Å². The summed E-state index contributed by atoms with van der Waals surface area (Å²) < 4.78 is 5.36. The van der Waals surface area contributed by atoms with Gasteiger partial charge >= 0.3 is 0 Å². The molecule has 0 atom stereocenters. The van der Waals surface area contributed by atoms with Gasteiger partial charge in [0.15, 0.2) is 0 Å². The molecule has 2 aliphatic carbocycles. The van der Waals surface area contributed by atoms with E-state index in [2.05, 4.69) is 9.97 Å². The zero-order valence-electron chi connectivity index (χ0n) is 10.3. The molecule has 0 saturated heterocycles. The molecule has 3 rings (SSSR count). The molecule has 0 radical (unpaired) electrons. The topological polar surface area (TPSA) is 61.0 Å². The number of nitrogens with two attached hydrogens (primary N) is 1. The molecule has 0 aliphatic heterocycles. The number of hydrogen-bond donors (Lipinski definition) is 1. The highest BCUT2D eigenvalue weighted by atomic mass is 16.5. The third kappa shape index (κ3) is 2.27. The molecule has 2 aliphatic rings. The fraction of sp³-hybridized carbons (Fsp3) is 0.692. The van der Waals surface area contributed by atoms with Gasteiger partial charge in [-0.05, 0) is 38.5 Å². The Labute approximate surface area is 102 Å². The molecule has 2 N–H and O–H groups in total. The van der Waals surface area contributed by atoms with Crippen molar-refractivity contribution in [3.8, 4) is 5.88 Å². The largest absolute Gasteiger partial charge is 0.481 e. The van der Waals surface area contributed by atoms with E-state index in [0.29, 0.717) is 5.92 Å². The van der Waals surface area contributed by atoms with E-state index in [9.17, 15) is 0 Å². The maximum absolute atomic E-state index is 6.15. The lowest BCUT2D eigenvalue weighted by molar-refractivity contribution is 0.388. The fourth-order valence-electron chi connectivity index (χ4n) is 2.31. The summed E-state index contributed by atoms with van der Waals surface area (Å²) in [4.78, 5) is 8.65. The van der Waals surface area contributed by atoms with Crippen molar-refractivity contribution in [3.63, 3.8) is 0 Å². The lowest BCUT2D eigenvalue weighted by Crippen LogP contribution is -2.22. The van der Waals surface area contributed by atoms with Gasteiger partial charge in [0.25, 0.3) is 0 Å². The summed E-state index contributed by atoms with van der Waals surface area (Å²) >= 11 is 0. The lowest BCUT2D eigenvalue weighted by Gasteiger charge is -2.13. The van der Waals surface area contributed by atoms with Crippen LogP contribution in [0.3, 0.4) is 0 Å². The molecule has 4 nitrogen and oxygen atoms in total. The number of rotatable bonds is 5. The van der Waals surface area contributed by atoms with Gasteiger partial charge < -0.3 is 10.5 Å². The van der Waals surface area contributed by atoms with Crippen molar-refractivity contribution in [1.82, 2.24) is 9.97 Å². The molecule has 92 valence electrons. The molecular weight excluding hydrogens is 214 g/mol. The summed E-state index contributed by atoms with van der Waals surface area (Å²) in [6.07, 6.45) is 8.40. The Bertz CT molecular complexity index is 425. The van der Waals surface area contributed by atoms with Crippen molar-refractivity contribution in [2.24, 2.45) is 5.73 Å². The van der Waals surface area contributed by atoms with Gasteiger partial charge in [-0.15, -0.1) is 0 Å². The quantitative estimate of drug-likeness (QED) is 0.842. The summed E-state index contributed by atoms with van der Waals surface area (Å²) in [6, 6.07) is 0. The van der Waals surface area contributed by atoms with E-state index in [4.69, 9.17) is 10.5 Å². The lowest BCUT2D eigenvalue weighted by atomic mass is 10.0. The Balaban J connectivity index is 1.83. The van der Waals surface area contributed by atoms with Crippen LogP contribution in [-0.4, -0.2) is 22.6 Å². The second-order valence-corrected chi connectivity index (χ2v) is 5.38. The summed E-state index contributed by atoms with van der Waals surface area (Å²) in [5.41, 5.74) is 8.62. The third-order valence-electron chi connectivity index (χ3n) is 3.86. The number of nitrogens with zero attached hydrogens (tertiary/aromatic N) is 2. The third-order valence-corrected chi connectivity index (χ3v) is 3.86. The predicted molar refractivity (Wildman–Crippen MR) is 65.0 cm³/mol. The van der Waals surface area contributed by atoms with Crippen molar-refractivity contribution < 1.29 is 4.74 Å². The molecule has 1 aromatic heterocycles. The van der Waals surface area contributed by atoms with Gasteiger partial charge in [0, 0.05) is 17.0 Å². The normalized spacial score (nSPS) is 21.3. The average Bonchev–Trinajstić information content (AvgIpc) is 3.22. The molecule has 1 aromatic rings. The number of methoxy groups -OCH3 is 1. The molecule has 2 saturated carbocycles. The van der Waals surface area contributed by atoms with Gasteiger partial charge in [-0.25, -0.2) is 9.97 Å². The van der Waals surface area contributed by atoms with Gasteiger partial charge in [0.1, 0.15) is 6.33 Å². The molecule has 4 heteroatoms. The number of aromatic nitrogens is 2. The highest BCUT2D eigenvalue weighted by molar-refractivity contribution is 5.34. The molecule has 17 heavy (non-hydrogen) atoms. The van der Waals surface area contributed by atoms with Crippen LogP contribution < -0.4 is 10.5 Å². The Hall–Kier alpha value is -1.16. The minimum absolute atomic E-state index is 0.0850. The number of hydrogen-bond acceptors (Lipinski definition) is 4. The summed E-state index contributed by atoms with van der Waals surface area (Å²) in [7, 11) is 1.68. The van der Waals surface area contributed by atoms with Crippen LogP contribution >= 0.6 is 0 Å². The highest BCUT2D eigenvalue weighted by Gasteiger charge is 2.38. The Morgan fingerprint density at radius 2 is 2.18 bits per heavy atom. The monoisotopic (exact) mass is 233 g/mol. The first-order valence-electron chi connectivity index (χ1n) is 6.38. The van der Waals surface area contributed by atoms with E-state index < -0.39 is 0 Å². The van der Waals surface area contributed by atoms with Crippen molar-refractivity contribution >= 4 is 0 Å². The summed E-state index contributed by atoms with van der Waals surface area (Å²) in [5.74, 6) is 1.38. The summed E-state index contributed by atoms with van der Waals surface area (Å²) in [6.45, 7) is 0. The fourth-order valence-corrected chi connectivity index (χ4v) is 2.31. The first kappa shape index (κ1) is 11.0. The minimum atomic E-state index is 0.0850. The van der Waals surface area contributed by atoms with E-state index >= 15 is 0 Å². The first-order chi connectivity index (χ1) is 8.22. The molecule has 2 fully saturated rings. The molecule has 0 spiro atoms. The van der Waals surface area contributed by atoms with Crippen molar-refractivity contribution in [2.75, 3.05) is 7.11 Å². The molecular formula is C13H19N3O. The van der Waals surface area contributed by atoms with Crippen LogP contribution in [0.4, 0.5) is 0 Å². The van der Waals surface area contributed by atoms with Crippen LogP contribution in [0.2, 0.25) is 0 Å². The van der Waals surface area contributed by atoms with E-state index in [1.54, 1.807) is 13.4 Å². The molecule has 0 bridgehead atoms. The first-order valence-corrected chi connectivity index (χ1v) is 6.38. The van der Waals surface area contributed by atoms with Crippen LogP contribution in [-0.2, 0) is 6.42 Å². The minimum Gasteiger partial charge on any atom is -0.481 e. The second-order valence-electron chi connectivity index (χ2n) is 5.38. The van der Waals surface area contributed by atoms with E-state index in [1.807, 2.05) is 0 Å². The molecule has 0 amide bonds. The van der Waals surface area contributed by atoms with Crippen LogP contribution in [0.1, 0.15) is 49.3 Å². The van der Waals surface area contributed by atoms with E-state index in [-0.39, 0.29) is 5.54 Å². The van der Waals surface area contributed by atoms with Gasteiger partial charge in [0.2, 0.25) is 5.88 Å². The second kappa shape index (κ2) is 3.95. The standard InChI is InChI=1S/C13H19N3O/c1-17-12-10(4-5-13(14)6-7-13)11(9-2-3-9)15-8-16-12/h8-9H,2-7,14H2,1H3. The van der Waals surface area contributed by atoms with Crippen LogP contribution in [0.25, 0.3) is 0 Å². The zero-order valence-corrected chi connectivity index (χ0v) is 10.3. The van der Waals surface area contributed by atoms with Gasteiger partial charge in [-0.3, -0.25) is 0 Å². The maximum Gasteiger partial charge on any atom is 0.219 e. The van der Waals surface area contributed by atoms with Gasteiger partial charge in [0.05, 0.1) is 12.8 Å². The molecule has 1 heterocycles. The van der Waals surface area contributed by atoms with Gasteiger partial charge in [-0.1, -0.05) is 0 Å². The highest BCUT2D eigenvalue weighted by Crippen LogP contribution is 2.43. The molecule has 0 unspecified atom stereocenters. The molecule has 0 aromatic carbocycles. The van der Waals surface area contributed by atoms with Crippen LogP contribution in [0, 0.1) is 0 Å². The SMILES string of the molecule is COc1ncnc(C2CC2)c1CCC1(N)CC1. The van der Waals surface area contributed by atoms with Crippen molar-refractivity contribution in [2.45, 2.75) is 50.0 Å². The van der Waals surface area contributed by atoms with Crippen LogP contribution in [0.15, 0.2) is 6.33 Å². The van der Waals surface area contributed by atoms with Crippen molar-refractivity contribution in [1.29, 1.82) is 0 Å². The van der Waals surface area contributed by atoms with E-state index in [1.165, 1.54) is 24.1 Å². The predicted octanol–water partition coefficient (Wildman–Crippen LogP) is 1.79.